The first kappa shape index (κ1) is 21.8. The second-order valence-corrected chi connectivity index (χ2v) is 6.97. The van der Waals surface area contributed by atoms with Crippen LogP contribution in [0.3, 0.4) is 0 Å². The number of anilines is 1. The van der Waals surface area contributed by atoms with Crippen molar-refractivity contribution in [2.45, 2.75) is 45.4 Å². The number of likely N-dealkylation sites (tertiary alicyclic amines) is 1. The van der Waals surface area contributed by atoms with Gasteiger partial charge in [-0.1, -0.05) is 25.0 Å². The van der Waals surface area contributed by atoms with Gasteiger partial charge in [-0.25, -0.2) is 0 Å². The molecule has 0 saturated carbocycles. The molecule has 1 aromatic rings. The fraction of sp³-hybridized carbons (Fsp3) is 0.500. The number of rotatable bonds is 6. The Labute approximate surface area is 170 Å². The summed E-state index contributed by atoms with van der Waals surface area (Å²) in [5.41, 5.74) is 1.07. The minimum Gasteiger partial charge on any atom is -0.466 e. The third-order valence-corrected chi connectivity index (χ3v) is 4.62. The molecule has 0 radical (unpaired) electrons. The van der Waals surface area contributed by atoms with Gasteiger partial charge in [-0.2, -0.15) is 0 Å². The SMILES string of the molecule is CCOC(=O)CCC(=O)NC(=S)Nc1ccccc1C(=O)N1CCCCCC1. The summed E-state index contributed by atoms with van der Waals surface area (Å²) in [5, 5.41) is 5.54. The molecule has 0 unspecified atom stereocenters. The first-order valence-electron chi connectivity index (χ1n) is 9.66. The molecule has 1 aliphatic heterocycles. The summed E-state index contributed by atoms with van der Waals surface area (Å²) in [4.78, 5) is 38.1. The molecule has 152 valence electrons. The Balaban J connectivity index is 1.94. The maximum atomic E-state index is 12.9. The number of amides is 2. The van der Waals surface area contributed by atoms with Crippen LogP contribution in [0.25, 0.3) is 0 Å². The zero-order valence-corrected chi connectivity index (χ0v) is 17.0. The number of benzene rings is 1. The molecule has 0 spiro atoms. The quantitative estimate of drug-likeness (QED) is 0.559. The minimum atomic E-state index is -0.426. The molecule has 1 aromatic carbocycles. The van der Waals surface area contributed by atoms with Crippen LogP contribution in [0.2, 0.25) is 0 Å². The lowest BCUT2D eigenvalue weighted by Crippen LogP contribution is -2.36. The summed E-state index contributed by atoms with van der Waals surface area (Å²) in [5.74, 6) is -0.853. The first-order chi connectivity index (χ1) is 13.5. The Bertz CT molecular complexity index is 715. The Kier molecular flexibility index (Phi) is 8.87. The van der Waals surface area contributed by atoms with Gasteiger partial charge in [0, 0.05) is 19.5 Å². The van der Waals surface area contributed by atoms with Crippen LogP contribution in [-0.2, 0) is 14.3 Å². The van der Waals surface area contributed by atoms with Crippen LogP contribution in [0.15, 0.2) is 24.3 Å². The van der Waals surface area contributed by atoms with Crippen molar-refractivity contribution in [3.63, 3.8) is 0 Å². The van der Waals surface area contributed by atoms with Gasteiger partial charge >= 0.3 is 5.97 Å². The molecular weight excluding hydrogens is 378 g/mol. The van der Waals surface area contributed by atoms with Gasteiger partial charge in [-0.05, 0) is 44.1 Å². The van der Waals surface area contributed by atoms with E-state index in [0.29, 0.717) is 11.3 Å². The van der Waals surface area contributed by atoms with Gasteiger partial charge in [0.2, 0.25) is 5.91 Å². The lowest BCUT2D eigenvalue weighted by atomic mass is 10.1. The maximum Gasteiger partial charge on any atom is 0.306 e. The normalized spacial score (nSPS) is 14.0. The highest BCUT2D eigenvalue weighted by Crippen LogP contribution is 2.20. The molecule has 1 aliphatic rings. The van der Waals surface area contributed by atoms with Crippen molar-refractivity contribution in [2.24, 2.45) is 0 Å². The summed E-state index contributed by atoms with van der Waals surface area (Å²) in [6.07, 6.45) is 4.28. The van der Waals surface area contributed by atoms with E-state index in [2.05, 4.69) is 10.6 Å². The fourth-order valence-corrected chi connectivity index (χ4v) is 3.24. The minimum absolute atomic E-state index is 0.00762. The van der Waals surface area contributed by atoms with Crippen molar-refractivity contribution in [3.05, 3.63) is 29.8 Å². The third kappa shape index (κ3) is 6.92. The average Bonchev–Trinajstić information content (AvgIpc) is 2.96. The second kappa shape index (κ2) is 11.4. The molecule has 0 bridgehead atoms. The van der Waals surface area contributed by atoms with E-state index in [1.807, 2.05) is 4.90 Å². The number of ether oxygens (including phenoxy) is 1. The van der Waals surface area contributed by atoms with Crippen molar-refractivity contribution >= 4 is 40.8 Å². The zero-order valence-electron chi connectivity index (χ0n) is 16.2. The molecule has 8 heteroatoms. The summed E-state index contributed by atoms with van der Waals surface area (Å²) in [6, 6.07) is 7.10. The fourth-order valence-electron chi connectivity index (χ4n) is 3.01. The molecule has 2 amide bonds. The Morgan fingerprint density at radius 1 is 1.07 bits per heavy atom. The van der Waals surface area contributed by atoms with Crippen molar-refractivity contribution in [3.8, 4) is 0 Å². The number of hydrogen-bond donors (Lipinski definition) is 2. The number of thiocarbonyl (C=S) groups is 1. The van der Waals surface area contributed by atoms with Crippen LogP contribution in [0, 0.1) is 0 Å². The summed E-state index contributed by atoms with van der Waals surface area (Å²) in [7, 11) is 0. The van der Waals surface area contributed by atoms with Gasteiger partial charge in [0.15, 0.2) is 5.11 Å². The Hall–Kier alpha value is -2.48. The average molecular weight is 406 g/mol. The van der Waals surface area contributed by atoms with Gasteiger partial charge in [-0.15, -0.1) is 0 Å². The van der Waals surface area contributed by atoms with Gasteiger partial charge < -0.3 is 20.3 Å². The first-order valence-corrected chi connectivity index (χ1v) is 10.1. The monoisotopic (exact) mass is 405 g/mol. The number of carbonyl (C=O) groups excluding carboxylic acids is 3. The van der Waals surface area contributed by atoms with Crippen LogP contribution in [0.5, 0.6) is 0 Å². The van der Waals surface area contributed by atoms with Crippen LogP contribution < -0.4 is 10.6 Å². The summed E-state index contributed by atoms with van der Waals surface area (Å²) in [6.45, 7) is 3.49. The topological polar surface area (TPSA) is 87.7 Å². The lowest BCUT2D eigenvalue weighted by molar-refractivity contribution is -0.144. The highest BCUT2D eigenvalue weighted by atomic mass is 32.1. The number of hydrogen-bond acceptors (Lipinski definition) is 5. The molecule has 1 saturated heterocycles. The lowest BCUT2D eigenvalue weighted by Gasteiger charge is -2.22. The third-order valence-electron chi connectivity index (χ3n) is 4.41. The van der Waals surface area contributed by atoms with Gasteiger partial charge in [0.05, 0.1) is 24.3 Å². The van der Waals surface area contributed by atoms with Gasteiger partial charge in [0.25, 0.3) is 5.91 Å². The predicted octanol–water partition coefficient (Wildman–Crippen LogP) is 2.86. The number of nitrogens with one attached hydrogen (secondary N) is 2. The highest BCUT2D eigenvalue weighted by molar-refractivity contribution is 7.80. The number of para-hydroxylation sites is 1. The van der Waals surface area contributed by atoms with E-state index in [9.17, 15) is 14.4 Å². The molecule has 2 N–H and O–H groups in total. The smallest absolute Gasteiger partial charge is 0.306 e. The summed E-state index contributed by atoms with van der Waals surface area (Å²) < 4.78 is 4.79. The van der Waals surface area contributed by atoms with E-state index in [4.69, 9.17) is 17.0 Å². The van der Waals surface area contributed by atoms with E-state index >= 15 is 0 Å². The maximum absolute atomic E-state index is 12.9. The van der Waals surface area contributed by atoms with E-state index < -0.39 is 5.97 Å². The van der Waals surface area contributed by atoms with E-state index in [-0.39, 0.29) is 36.4 Å². The standard InChI is InChI=1S/C20H27N3O4S/c1-2-27-18(25)12-11-17(24)22-20(28)21-16-10-6-5-9-15(16)19(26)23-13-7-3-4-8-14-23/h5-6,9-10H,2-4,7-8,11-14H2,1H3,(H2,21,22,24,28). The van der Waals surface area contributed by atoms with Gasteiger partial charge in [-0.3, -0.25) is 14.4 Å². The molecule has 0 aliphatic carbocycles. The van der Waals surface area contributed by atoms with E-state index in [1.165, 1.54) is 0 Å². The van der Waals surface area contributed by atoms with Crippen molar-refractivity contribution in [2.75, 3.05) is 25.0 Å². The molecule has 1 fully saturated rings. The highest BCUT2D eigenvalue weighted by Gasteiger charge is 2.20. The number of esters is 1. The Morgan fingerprint density at radius 3 is 2.43 bits per heavy atom. The van der Waals surface area contributed by atoms with Crippen LogP contribution in [0.4, 0.5) is 5.69 Å². The molecule has 2 rings (SSSR count). The zero-order chi connectivity index (χ0) is 20.4. The molecule has 0 atom stereocenters. The van der Waals surface area contributed by atoms with Gasteiger partial charge in [0.1, 0.15) is 0 Å². The number of nitrogens with zero attached hydrogens (tertiary/aromatic N) is 1. The molecule has 0 aromatic heterocycles. The van der Waals surface area contributed by atoms with Crippen LogP contribution >= 0.6 is 12.2 Å². The molecule has 7 nitrogen and oxygen atoms in total. The summed E-state index contributed by atoms with van der Waals surface area (Å²) >= 11 is 5.18. The second-order valence-electron chi connectivity index (χ2n) is 6.56. The predicted molar refractivity (Wildman–Crippen MR) is 111 cm³/mol. The molecule has 28 heavy (non-hydrogen) atoms. The van der Waals surface area contributed by atoms with Crippen LogP contribution in [-0.4, -0.2) is 47.5 Å². The molecule has 1 heterocycles. The largest absolute Gasteiger partial charge is 0.466 e. The van der Waals surface area contributed by atoms with Crippen molar-refractivity contribution in [1.29, 1.82) is 0 Å². The Morgan fingerprint density at radius 2 is 1.75 bits per heavy atom. The molecular formula is C20H27N3O4S. The van der Waals surface area contributed by atoms with Crippen molar-refractivity contribution in [1.82, 2.24) is 10.2 Å². The van der Waals surface area contributed by atoms with Crippen molar-refractivity contribution < 1.29 is 19.1 Å². The number of carbonyl (C=O) groups is 3. The van der Waals surface area contributed by atoms with E-state index in [1.54, 1.807) is 31.2 Å². The van der Waals surface area contributed by atoms with Crippen LogP contribution in [0.1, 0.15) is 55.8 Å². The van der Waals surface area contributed by atoms with E-state index in [0.717, 1.165) is 38.8 Å².